The maximum Gasteiger partial charge on any atom is 0.255 e. The molecule has 5 rings (SSSR count). The molecule has 1 unspecified atom stereocenters. The number of nitrogens with zero attached hydrogens (tertiary/aromatic N) is 2. The van der Waals surface area contributed by atoms with Crippen LogP contribution in [0.4, 0.5) is 4.39 Å². The quantitative estimate of drug-likeness (QED) is 0.754. The molecule has 4 amide bonds. The SMILES string of the molecule is C[C@H]1c2c(F)cccc2CN1C(=O)c1ccc2c(c1)CN(C1CCC(=O)NC1=O)C2=O. The lowest BCUT2D eigenvalue weighted by Gasteiger charge is -2.29. The molecule has 0 spiro atoms. The molecule has 7 nitrogen and oxygen atoms in total. The van der Waals surface area contributed by atoms with Crippen LogP contribution in [0.2, 0.25) is 0 Å². The Kier molecular flexibility index (Phi) is 4.39. The summed E-state index contributed by atoms with van der Waals surface area (Å²) in [7, 11) is 0. The maximum absolute atomic E-state index is 14.2. The minimum absolute atomic E-state index is 0.185. The molecule has 0 radical (unpaired) electrons. The summed E-state index contributed by atoms with van der Waals surface area (Å²) in [6, 6.07) is 8.64. The van der Waals surface area contributed by atoms with Gasteiger partial charge in [0.25, 0.3) is 11.8 Å². The number of piperidine rings is 1. The number of carbonyl (C=O) groups excluding carboxylic acids is 4. The highest BCUT2D eigenvalue weighted by atomic mass is 19.1. The van der Waals surface area contributed by atoms with Crippen molar-refractivity contribution in [2.75, 3.05) is 0 Å². The van der Waals surface area contributed by atoms with Crippen LogP contribution < -0.4 is 5.32 Å². The molecule has 0 aromatic heterocycles. The monoisotopic (exact) mass is 421 g/mol. The lowest BCUT2D eigenvalue weighted by atomic mass is 10.0. The van der Waals surface area contributed by atoms with Crippen molar-refractivity contribution in [2.45, 2.75) is 44.9 Å². The van der Waals surface area contributed by atoms with E-state index in [9.17, 15) is 23.6 Å². The molecule has 0 aliphatic carbocycles. The molecule has 1 saturated heterocycles. The molecule has 0 saturated carbocycles. The van der Waals surface area contributed by atoms with Gasteiger partial charge in [-0.05, 0) is 48.7 Å². The highest BCUT2D eigenvalue weighted by molar-refractivity contribution is 6.06. The second kappa shape index (κ2) is 7.01. The van der Waals surface area contributed by atoms with Crippen molar-refractivity contribution in [3.8, 4) is 0 Å². The van der Waals surface area contributed by atoms with E-state index in [0.717, 1.165) is 5.56 Å². The van der Waals surface area contributed by atoms with Crippen LogP contribution in [0.15, 0.2) is 36.4 Å². The Bertz CT molecular complexity index is 1160. The average molecular weight is 421 g/mol. The number of hydrogen-bond donors (Lipinski definition) is 1. The van der Waals surface area contributed by atoms with Gasteiger partial charge in [0.15, 0.2) is 0 Å². The van der Waals surface area contributed by atoms with Crippen molar-refractivity contribution in [1.29, 1.82) is 0 Å². The van der Waals surface area contributed by atoms with E-state index in [0.29, 0.717) is 28.8 Å². The minimum atomic E-state index is -0.701. The molecule has 2 aromatic carbocycles. The fourth-order valence-electron chi connectivity index (χ4n) is 4.78. The Morgan fingerprint density at radius 1 is 1.10 bits per heavy atom. The molecular weight excluding hydrogens is 401 g/mol. The normalized spacial score (nSPS) is 22.5. The third kappa shape index (κ3) is 3.01. The fraction of sp³-hybridized carbons (Fsp3) is 0.304. The molecule has 31 heavy (non-hydrogen) atoms. The zero-order chi connectivity index (χ0) is 21.9. The molecule has 0 bridgehead atoms. The standard InChI is InChI=1S/C23H20FN3O4/c1-12-20-14(3-2-4-17(20)24)10-26(12)22(30)13-5-6-16-15(9-13)11-27(23(16)31)18-7-8-19(28)25-21(18)29/h2-6,9,12,18H,7-8,10-11H2,1H3,(H,25,28,29)/t12-,18?/m0/s1. The third-order valence-electron chi connectivity index (χ3n) is 6.40. The summed E-state index contributed by atoms with van der Waals surface area (Å²) in [4.78, 5) is 52.7. The average Bonchev–Trinajstić information content (AvgIpc) is 3.25. The number of rotatable bonds is 2. The fourth-order valence-corrected chi connectivity index (χ4v) is 4.78. The highest BCUT2D eigenvalue weighted by Gasteiger charge is 2.40. The van der Waals surface area contributed by atoms with Crippen LogP contribution in [0.25, 0.3) is 0 Å². The summed E-state index contributed by atoms with van der Waals surface area (Å²) in [6.07, 6.45) is 0.468. The van der Waals surface area contributed by atoms with Crippen molar-refractivity contribution < 1.29 is 23.6 Å². The number of nitrogens with one attached hydrogen (secondary N) is 1. The summed E-state index contributed by atoms with van der Waals surface area (Å²) in [5, 5.41) is 2.28. The van der Waals surface area contributed by atoms with Gasteiger partial charge < -0.3 is 9.80 Å². The van der Waals surface area contributed by atoms with E-state index in [4.69, 9.17) is 0 Å². The van der Waals surface area contributed by atoms with Crippen molar-refractivity contribution in [3.05, 3.63) is 70.0 Å². The van der Waals surface area contributed by atoms with Gasteiger partial charge in [0, 0.05) is 36.2 Å². The number of carbonyl (C=O) groups is 4. The molecule has 1 N–H and O–H groups in total. The molecule has 1 fully saturated rings. The van der Waals surface area contributed by atoms with Gasteiger partial charge in [-0.15, -0.1) is 0 Å². The number of fused-ring (bicyclic) bond motifs is 2. The molecule has 158 valence electrons. The number of benzene rings is 2. The maximum atomic E-state index is 14.2. The van der Waals surface area contributed by atoms with Crippen LogP contribution in [0.5, 0.6) is 0 Å². The van der Waals surface area contributed by atoms with Gasteiger partial charge in [-0.2, -0.15) is 0 Å². The molecule has 2 aromatic rings. The first-order valence-electron chi connectivity index (χ1n) is 10.2. The zero-order valence-corrected chi connectivity index (χ0v) is 16.9. The topological polar surface area (TPSA) is 86.8 Å². The Labute approximate surface area is 177 Å². The minimum Gasteiger partial charge on any atom is -0.327 e. The largest absolute Gasteiger partial charge is 0.327 e. The van der Waals surface area contributed by atoms with Crippen LogP contribution in [0.1, 0.15) is 63.2 Å². The van der Waals surface area contributed by atoms with Gasteiger partial charge in [-0.1, -0.05) is 12.1 Å². The number of halogens is 1. The van der Waals surface area contributed by atoms with Crippen molar-refractivity contribution in [3.63, 3.8) is 0 Å². The van der Waals surface area contributed by atoms with E-state index in [1.54, 1.807) is 36.1 Å². The van der Waals surface area contributed by atoms with E-state index in [1.807, 2.05) is 6.07 Å². The second-order valence-electron chi connectivity index (χ2n) is 8.19. The predicted octanol–water partition coefficient (Wildman–Crippen LogP) is 2.30. The van der Waals surface area contributed by atoms with Gasteiger partial charge in [0.05, 0.1) is 6.04 Å². The summed E-state index contributed by atoms with van der Waals surface area (Å²) in [5.74, 6) is -1.65. The third-order valence-corrected chi connectivity index (χ3v) is 6.40. The summed E-state index contributed by atoms with van der Waals surface area (Å²) in [5.41, 5.74) is 2.86. The van der Waals surface area contributed by atoms with E-state index >= 15 is 0 Å². The van der Waals surface area contributed by atoms with E-state index in [2.05, 4.69) is 5.32 Å². The van der Waals surface area contributed by atoms with Crippen LogP contribution in [0.3, 0.4) is 0 Å². The van der Waals surface area contributed by atoms with Gasteiger partial charge >= 0.3 is 0 Å². The van der Waals surface area contributed by atoms with Gasteiger partial charge in [0.1, 0.15) is 11.9 Å². The van der Waals surface area contributed by atoms with Gasteiger partial charge in [-0.3, -0.25) is 24.5 Å². The zero-order valence-electron chi connectivity index (χ0n) is 16.9. The predicted molar refractivity (Wildman–Crippen MR) is 107 cm³/mol. The van der Waals surface area contributed by atoms with E-state index < -0.39 is 18.0 Å². The van der Waals surface area contributed by atoms with Gasteiger partial charge in [0.2, 0.25) is 11.8 Å². The Balaban J connectivity index is 1.38. The number of imide groups is 1. The van der Waals surface area contributed by atoms with E-state index in [1.165, 1.54) is 11.0 Å². The van der Waals surface area contributed by atoms with E-state index in [-0.39, 0.29) is 42.9 Å². The molecule has 3 aliphatic heterocycles. The van der Waals surface area contributed by atoms with Crippen molar-refractivity contribution in [1.82, 2.24) is 15.1 Å². The summed E-state index contributed by atoms with van der Waals surface area (Å²) >= 11 is 0. The molecule has 3 heterocycles. The van der Waals surface area contributed by atoms with Crippen molar-refractivity contribution in [2.24, 2.45) is 0 Å². The highest BCUT2D eigenvalue weighted by Crippen LogP contribution is 2.36. The van der Waals surface area contributed by atoms with Gasteiger partial charge in [-0.25, -0.2) is 4.39 Å². The second-order valence-corrected chi connectivity index (χ2v) is 8.19. The molecule has 8 heteroatoms. The number of amides is 4. The Morgan fingerprint density at radius 2 is 1.90 bits per heavy atom. The number of hydrogen-bond acceptors (Lipinski definition) is 4. The van der Waals surface area contributed by atoms with Crippen molar-refractivity contribution >= 4 is 23.6 Å². The smallest absolute Gasteiger partial charge is 0.255 e. The first-order chi connectivity index (χ1) is 14.8. The summed E-state index contributed by atoms with van der Waals surface area (Å²) in [6.45, 7) is 2.33. The Morgan fingerprint density at radius 3 is 2.65 bits per heavy atom. The Hall–Kier alpha value is -3.55. The van der Waals surface area contributed by atoms with Crippen LogP contribution in [0, 0.1) is 5.82 Å². The van der Waals surface area contributed by atoms with Crippen LogP contribution >= 0.6 is 0 Å². The first-order valence-corrected chi connectivity index (χ1v) is 10.2. The van der Waals surface area contributed by atoms with Crippen LogP contribution in [-0.2, 0) is 22.7 Å². The summed E-state index contributed by atoms with van der Waals surface area (Å²) < 4.78 is 14.2. The lowest BCUT2D eigenvalue weighted by molar-refractivity contribution is -0.136. The lowest BCUT2D eigenvalue weighted by Crippen LogP contribution is -2.52. The molecule has 3 aliphatic rings. The first kappa shape index (κ1) is 19.4. The van der Waals surface area contributed by atoms with Crippen LogP contribution in [-0.4, -0.2) is 39.5 Å². The molecular formula is C23H20FN3O4. The molecule has 2 atom stereocenters.